The molecular formula is C16H24F2N2O. The molecule has 1 aromatic rings. The minimum atomic E-state index is -2.81. The van der Waals surface area contributed by atoms with Gasteiger partial charge in [-0.2, -0.15) is 8.78 Å². The van der Waals surface area contributed by atoms with Crippen LogP contribution in [0.3, 0.4) is 0 Å². The van der Waals surface area contributed by atoms with E-state index in [1.54, 1.807) is 12.1 Å². The summed E-state index contributed by atoms with van der Waals surface area (Å²) in [6.07, 6.45) is 3.80. The van der Waals surface area contributed by atoms with Crippen molar-refractivity contribution < 1.29 is 13.5 Å². The van der Waals surface area contributed by atoms with Crippen LogP contribution in [0.15, 0.2) is 24.3 Å². The van der Waals surface area contributed by atoms with Crippen LogP contribution in [0.2, 0.25) is 0 Å². The first kappa shape index (κ1) is 16.2. The molecule has 5 heteroatoms. The highest BCUT2D eigenvalue weighted by Crippen LogP contribution is 2.33. The Labute approximate surface area is 125 Å². The molecule has 0 radical (unpaired) electrons. The van der Waals surface area contributed by atoms with Gasteiger partial charge in [-0.15, -0.1) is 0 Å². The summed E-state index contributed by atoms with van der Waals surface area (Å²) in [5.41, 5.74) is 6.68. The molecule has 3 nitrogen and oxygen atoms in total. The molecule has 0 heterocycles. The van der Waals surface area contributed by atoms with Gasteiger partial charge in [-0.25, -0.2) is 0 Å². The smallest absolute Gasteiger partial charge is 0.387 e. The molecule has 1 fully saturated rings. The van der Waals surface area contributed by atoms with Crippen molar-refractivity contribution in [3.05, 3.63) is 29.8 Å². The molecule has 1 aliphatic rings. The topological polar surface area (TPSA) is 38.5 Å². The Bertz CT molecular complexity index is 438. The summed E-state index contributed by atoms with van der Waals surface area (Å²) in [5.74, 6) is 0.942. The fourth-order valence-electron chi connectivity index (χ4n) is 2.92. The lowest BCUT2D eigenvalue weighted by atomic mass is 9.84. The van der Waals surface area contributed by atoms with Crippen LogP contribution in [0.4, 0.5) is 8.78 Å². The van der Waals surface area contributed by atoms with Crippen LogP contribution in [0.25, 0.3) is 0 Å². The second-order valence-electron chi connectivity index (χ2n) is 5.55. The molecule has 2 rings (SSSR count). The van der Waals surface area contributed by atoms with Gasteiger partial charge < -0.3 is 10.5 Å². The average Bonchev–Trinajstić information content (AvgIpc) is 2.42. The highest BCUT2D eigenvalue weighted by molar-refractivity contribution is 5.36. The van der Waals surface area contributed by atoms with Crippen LogP contribution in [0, 0.1) is 5.92 Å². The molecule has 0 bridgehead atoms. The lowest BCUT2D eigenvalue weighted by molar-refractivity contribution is -0.0512. The molecule has 21 heavy (non-hydrogen) atoms. The number of para-hydroxylation sites is 1. The first-order valence-corrected chi connectivity index (χ1v) is 7.63. The summed E-state index contributed by atoms with van der Waals surface area (Å²) < 4.78 is 29.8. The van der Waals surface area contributed by atoms with Crippen molar-refractivity contribution in [1.82, 2.24) is 4.90 Å². The molecule has 0 saturated heterocycles. The highest BCUT2D eigenvalue weighted by Gasteiger charge is 2.26. The Morgan fingerprint density at radius 2 is 2.05 bits per heavy atom. The van der Waals surface area contributed by atoms with Crippen LogP contribution in [0.1, 0.15) is 37.8 Å². The van der Waals surface area contributed by atoms with Crippen molar-refractivity contribution in [1.29, 1.82) is 0 Å². The zero-order valence-electron chi connectivity index (χ0n) is 12.5. The van der Waals surface area contributed by atoms with Crippen LogP contribution in [-0.2, 0) is 0 Å². The fourth-order valence-corrected chi connectivity index (χ4v) is 2.92. The van der Waals surface area contributed by atoms with Crippen molar-refractivity contribution in [2.45, 2.75) is 38.8 Å². The predicted octanol–water partition coefficient (Wildman–Crippen LogP) is 3.41. The van der Waals surface area contributed by atoms with Gasteiger partial charge >= 0.3 is 6.61 Å². The van der Waals surface area contributed by atoms with E-state index in [1.807, 2.05) is 12.1 Å². The molecule has 1 aliphatic carbocycles. The van der Waals surface area contributed by atoms with Gasteiger partial charge in [-0.1, -0.05) is 31.5 Å². The molecule has 1 saturated carbocycles. The number of halogens is 2. The molecular weight excluding hydrogens is 274 g/mol. The van der Waals surface area contributed by atoms with Crippen molar-refractivity contribution in [3.8, 4) is 5.75 Å². The number of ether oxygens (including phenoxy) is 1. The van der Waals surface area contributed by atoms with Crippen molar-refractivity contribution in [2.24, 2.45) is 11.7 Å². The molecule has 1 aromatic carbocycles. The zero-order valence-corrected chi connectivity index (χ0v) is 12.5. The summed E-state index contributed by atoms with van der Waals surface area (Å²) in [4.78, 5) is 2.28. The number of hydrogen-bond acceptors (Lipinski definition) is 3. The summed E-state index contributed by atoms with van der Waals surface area (Å²) in [7, 11) is 0. The maximum absolute atomic E-state index is 12.6. The third-order valence-corrected chi connectivity index (χ3v) is 4.28. The number of nitrogens with two attached hydrogens (primary N) is 1. The number of hydrogen-bond donors (Lipinski definition) is 1. The van der Waals surface area contributed by atoms with Gasteiger partial charge in [0.25, 0.3) is 0 Å². The summed E-state index contributed by atoms with van der Waals surface area (Å²) in [6.45, 7) is 1.48. The third kappa shape index (κ3) is 4.14. The van der Waals surface area contributed by atoms with E-state index in [0.717, 1.165) is 18.7 Å². The third-order valence-electron chi connectivity index (χ3n) is 4.28. The molecule has 2 N–H and O–H groups in total. The molecule has 118 valence electrons. The van der Waals surface area contributed by atoms with E-state index in [1.165, 1.54) is 19.3 Å². The molecule has 1 atom stereocenters. The van der Waals surface area contributed by atoms with Gasteiger partial charge in [-0.3, -0.25) is 4.90 Å². The molecule has 1 unspecified atom stereocenters. The second kappa shape index (κ2) is 7.71. The standard InChI is InChI=1S/C16H24F2N2O/c1-2-20(11-12-6-5-7-12)14(10-19)13-8-3-4-9-15(13)21-16(17)18/h3-4,8-9,12,14,16H,2,5-7,10-11,19H2,1H3. The largest absolute Gasteiger partial charge is 0.434 e. The quantitative estimate of drug-likeness (QED) is 0.799. The average molecular weight is 298 g/mol. The van der Waals surface area contributed by atoms with Crippen LogP contribution in [0.5, 0.6) is 5.75 Å². The SMILES string of the molecule is CCN(CC1CCC1)C(CN)c1ccccc1OC(F)F. The minimum Gasteiger partial charge on any atom is -0.434 e. The fraction of sp³-hybridized carbons (Fsp3) is 0.625. The van der Waals surface area contributed by atoms with Crippen LogP contribution in [-0.4, -0.2) is 31.1 Å². The first-order valence-electron chi connectivity index (χ1n) is 7.63. The predicted molar refractivity (Wildman–Crippen MR) is 79.5 cm³/mol. The molecule has 0 spiro atoms. The lowest BCUT2D eigenvalue weighted by Crippen LogP contribution is -2.39. The highest BCUT2D eigenvalue weighted by atomic mass is 19.3. The van der Waals surface area contributed by atoms with E-state index in [9.17, 15) is 8.78 Å². The van der Waals surface area contributed by atoms with E-state index in [2.05, 4.69) is 16.6 Å². The Morgan fingerprint density at radius 3 is 2.57 bits per heavy atom. The Kier molecular flexibility index (Phi) is 5.94. The number of alkyl halides is 2. The van der Waals surface area contributed by atoms with Gasteiger partial charge in [0.1, 0.15) is 5.75 Å². The van der Waals surface area contributed by atoms with E-state index >= 15 is 0 Å². The maximum atomic E-state index is 12.6. The van der Waals surface area contributed by atoms with Gasteiger partial charge in [0.05, 0.1) is 6.04 Å². The van der Waals surface area contributed by atoms with Gasteiger partial charge in [0.15, 0.2) is 0 Å². The molecule has 0 amide bonds. The number of likely N-dealkylation sites (N-methyl/N-ethyl adjacent to an activating group) is 1. The van der Waals surface area contributed by atoms with Crippen LogP contribution < -0.4 is 10.5 Å². The summed E-state index contributed by atoms with van der Waals surface area (Å²) in [6, 6.07) is 6.88. The van der Waals surface area contributed by atoms with Gasteiger partial charge in [-0.05, 0) is 31.4 Å². The van der Waals surface area contributed by atoms with Gasteiger partial charge in [0.2, 0.25) is 0 Å². The molecule has 0 aliphatic heterocycles. The van der Waals surface area contributed by atoms with Crippen molar-refractivity contribution in [2.75, 3.05) is 19.6 Å². The Balaban J connectivity index is 2.17. The minimum absolute atomic E-state index is 0.0782. The van der Waals surface area contributed by atoms with Crippen molar-refractivity contribution in [3.63, 3.8) is 0 Å². The van der Waals surface area contributed by atoms with E-state index in [0.29, 0.717) is 12.5 Å². The maximum Gasteiger partial charge on any atom is 0.387 e. The zero-order chi connectivity index (χ0) is 15.2. The van der Waals surface area contributed by atoms with Gasteiger partial charge in [0, 0.05) is 18.7 Å². The summed E-state index contributed by atoms with van der Waals surface area (Å²) in [5, 5.41) is 0. The van der Waals surface area contributed by atoms with E-state index in [4.69, 9.17) is 5.73 Å². The normalized spacial score (nSPS) is 17.0. The van der Waals surface area contributed by atoms with E-state index in [-0.39, 0.29) is 11.8 Å². The van der Waals surface area contributed by atoms with Crippen molar-refractivity contribution >= 4 is 0 Å². The summed E-state index contributed by atoms with van der Waals surface area (Å²) >= 11 is 0. The monoisotopic (exact) mass is 298 g/mol. The lowest BCUT2D eigenvalue weighted by Gasteiger charge is -2.37. The number of nitrogens with zero attached hydrogens (tertiary/aromatic N) is 1. The second-order valence-corrected chi connectivity index (χ2v) is 5.55. The Morgan fingerprint density at radius 1 is 1.33 bits per heavy atom. The Hall–Kier alpha value is -1.20. The number of benzene rings is 1. The van der Waals surface area contributed by atoms with E-state index < -0.39 is 6.61 Å². The molecule has 0 aromatic heterocycles. The first-order chi connectivity index (χ1) is 10.2. The van der Waals surface area contributed by atoms with Crippen LogP contribution >= 0.6 is 0 Å². The number of rotatable bonds is 8.